The van der Waals surface area contributed by atoms with Gasteiger partial charge in [0.25, 0.3) is 0 Å². The van der Waals surface area contributed by atoms with Crippen LogP contribution in [-0.4, -0.2) is 73.3 Å². The highest BCUT2D eigenvalue weighted by Crippen LogP contribution is 2.22. The van der Waals surface area contributed by atoms with Gasteiger partial charge in [0.2, 0.25) is 0 Å². The Labute approximate surface area is 145 Å². The van der Waals surface area contributed by atoms with Crippen LogP contribution in [0.5, 0.6) is 0 Å². The first kappa shape index (κ1) is 16.5. The number of morpholine rings is 1. The number of carbonyl (C=O) groups is 1. The first-order chi connectivity index (χ1) is 11.1. The number of hydrogen-bond acceptors (Lipinski definition) is 4. The number of rotatable bonds is 2. The van der Waals surface area contributed by atoms with Crippen LogP contribution in [0.4, 0.5) is 10.6 Å². The van der Waals surface area contributed by atoms with Crippen LogP contribution in [0.3, 0.4) is 0 Å². The fourth-order valence-electron chi connectivity index (χ4n) is 3.17. The lowest BCUT2D eigenvalue weighted by Gasteiger charge is -2.40. The molecule has 126 valence electrons. The van der Waals surface area contributed by atoms with Gasteiger partial charge in [-0.1, -0.05) is 0 Å². The van der Waals surface area contributed by atoms with Crippen LogP contribution in [0.2, 0.25) is 0 Å². The van der Waals surface area contributed by atoms with Gasteiger partial charge in [0.1, 0.15) is 5.82 Å². The Morgan fingerprint density at radius 1 is 1.35 bits per heavy atom. The van der Waals surface area contributed by atoms with Crippen molar-refractivity contribution in [1.29, 1.82) is 0 Å². The third-order valence-electron chi connectivity index (χ3n) is 4.56. The van der Waals surface area contributed by atoms with Crippen molar-refractivity contribution in [2.75, 3.05) is 51.3 Å². The minimum absolute atomic E-state index is 0.115. The number of ether oxygens (including phenoxy) is 1. The van der Waals surface area contributed by atoms with Gasteiger partial charge in [-0.25, -0.2) is 9.78 Å². The Morgan fingerprint density at radius 3 is 2.83 bits per heavy atom. The molecule has 0 aliphatic carbocycles. The van der Waals surface area contributed by atoms with Crippen LogP contribution in [0.15, 0.2) is 22.8 Å². The first-order valence-electron chi connectivity index (χ1n) is 8.11. The SMILES string of the molecule is CN(C(=O)N1CCOCC1)C1CCCN(c2ccc(Br)cn2)C1. The average molecular weight is 383 g/mol. The fraction of sp³-hybridized carbons (Fsp3) is 0.625. The highest BCUT2D eigenvalue weighted by atomic mass is 79.9. The molecule has 2 amide bonds. The lowest BCUT2D eigenvalue weighted by atomic mass is 10.0. The molecule has 2 aliphatic rings. The molecule has 3 heterocycles. The van der Waals surface area contributed by atoms with Crippen molar-refractivity contribution >= 4 is 27.8 Å². The summed E-state index contributed by atoms with van der Waals surface area (Å²) in [6.07, 6.45) is 3.93. The zero-order chi connectivity index (χ0) is 16.2. The van der Waals surface area contributed by atoms with Gasteiger partial charge in [-0.05, 0) is 40.9 Å². The van der Waals surface area contributed by atoms with Gasteiger partial charge < -0.3 is 19.4 Å². The second-order valence-electron chi connectivity index (χ2n) is 6.07. The summed E-state index contributed by atoms with van der Waals surface area (Å²) in [5.41, 5.74) is 0. The number of pyridine rings is 1. The number of likely N-dealkylation sites (N-methyl/N-ethyl adjacent to an activating group) is 1. The van der Waals surface area contributed by atoms with Gasteiger partial charge >= 0.3 is 6.03 Å². The van der Waals surface area contributed by atoms with Crippen LogP contribution in [0.25, 0.3) is 0 Å². The molecule has 2 fully saturated rings. The number of hydrogen-bond donors (Lipinski definition) is 0. The minimum Gasteiger partial charge on any atom is -0.378 e. The molecule has 1 aromatic rings. The summed E-state index contributed by atoms with van der Waals surface area (Å²) in [7, 11) is 1.92. The molecule has 2 aliphatic heterocycles. The van der Waals surface area contributed by atoms with Gasteiger partial charge in [0, 0.05) is 43.9 Å². The predicted molar refractivity (Wildman–Crippen MR) is 92.7 cm³/mol. The number of piperidine rings is 1. The van der Waals surface area contributed by atoms with Crippen LogP contribution in [-0.2, 0) is 4.74 Å². The molecule has 23 heavy (non-hydrogen) atoms. The van der Waals surface area contributed by atoms with Crippen molar-refractivity contribution < 1.29 is 9.53 Å². The second-order valence-corrected chi connectivity index (χ2v) is 6.99. The van der Waals surface area contributed by atoms with E-state index >= 15 is 0 Å². The topological polar surface area (TPSA) is 48.9 Å². The van der Waals surface area contributed by atoms with E-state index in [2.05, 4.69) is 25.8 Å². The van der Waals surface area contributed by atoms with E-state index in [-0.39, 0.29) is 12.1 Å². The van der Waals surface area contributed by atoms with Crippen LogP contribution >= 0.6 is 15.9 Å². The summed E-state index contributed by atoms with van der Waals surface area (Å²) in [5, 5.41) is 0. The zero-order valence-corrected chi connectivity index (χ0v) is 15.0. The van der Waals surface area contributed by atoms with E-state index in [0.29, 0.717) is 26.3 Å². The number of nitrogens with zero attached hydrogens (tertiary/aromatic N) is 4. The number of aromatic nitrogens is 1. The smallest absolute Gasteiger partial charge is 0.320 e. The highest BCUT2D eigenvalue weighted by Gasteiger charge is 2.29. The van der Waals surface area contributed by atoms with Gasteiger partial charge in [-0.3, -0.25) is 0 Å². The molecule has 1 atom stereocenters. The monoisotopic (exact) mass is 382 g/mol. The Balaban J connectivity index is 1.63. The third kappa shape index (κ3) is 3.95. The number of urea groups is 1. The van der Waals surface area contributed by atoms with Crippen molar-refractivity contribution in [3.8, 4) is 0 Å². The number of anilines is 1. The summed E-state index contributed by atoms with van der Waals surface area (Å²) in [4.78, 5) is 23.2. The lowest BCUT2D eigenvalue weighted by molar-refractivity contribution is 0.0414. The Hall–Kier alpha value is -1.34. The maximum Gasteiger partial charge on any atom is 0.320 e. The van der Waals surface area contributed by atoms with E-state index in [4.69, 9.17) is 4.74 Å². The molecule has 0 radical (unpaired) electrons. The lowest BCUT2D eigenvalue weighted by Crippen LogP contribution is -2.54. The largest absolute Gasteiger partial charge is 0.378 e. The number of halogens is 1. The first-order valence-corrected chi connectivity index (χ1v) is 8.90. The molecule has 1 aromatic heterocycles. The molecule has 0 saturated carbocycles. The van der Waals surface area contributed by atoms with Gasteiger partial charge in [0.15, 0.2) is 0 Å². The summed E-state index contributed by atoms with van der Waals surface area (Å²) < 4.78 is 6.31. The fourth-order valence-corrected chi connectivity index (χ4v) is 3.40. The molecule has 0 aromatic carbocycles. The van der Waals surface area contributed by atoms with E-state index in [1.165, 1.54) is 0 Å². The second kappa shape index (κ2) is 7.49. The summed E-state index contributed by atoms with van der Waals surface area (Å²) >= 11 is 3.42. The molecule has 0 spiro atoms. The number of carbonyl (C=O) groups excluding carboxylic acids is 1. The summed E-state index contributed by atoms with van der Waals surface area (Å²) in [6.45, 7) is 4.48. The standard InChI is InChI=1S/C16H23BrN4O2/c1-19(16(22)20-7-9-23-10-8-20)14-3-2-6-21(12-14)15-5-4-13(17)11-18-15/h4-5,11,14H,2-3,6-10,12H2,1H3. The molecule has 0 N–H and O–H groups in total. The molecule has 7 heteroatoms. The molecular formula is C16H23BrN4O2. The van der Waals surface area contributed by atoms with Gasteiger partial charge in [0.05, 0.1) is 19.3 Å². The minimum atomic E-state index is 0.115. The third-order valence-corrected chi connectivity index (χ3v) is 5.03. The quantitative estimate of drug-likeness (QED) is 0.786. The Kier molecular flexibility index (Phi) is 5.38. The van der Waals surface area contributed by atoms with Gasteiger partial charge in [-0.15, -0.1) is 0 Å². The van der Waals surface area contributed by atoms with E-state index in [0.717, 1.165) is 36.2 Å². The van der Waals surface area contributed by atoms with E-state index in [9.17, 15) is 4.79 Å². The summed E-state index contributed by atoms with van der Waals surface area (Å²) in [5.74, 6) is 0.977. The zero-order valence-electron chi connectivity index (χ0n) is 13.4. The van der Waals surface area contributed by atoms with Crippen molar-refractivity contribution in [2.45, 2.75) is 18.9 Å². The van der Waals surface area contributed by atoms with Crippen molar-refractivity contribution in [2.24, 2.45) is 0 Å². The van der Waals surface area contributed by atoms with Gasteiger partial charge in [-0.2, -0.15) is 0 Å². The average Bonchev–Trinajstić information content (AvgIpc) is 2.62. The molecular weight excluding hydrogens is 360 g/mol. The highest BCUT2D eigenvalue weighted by molar-refractivity contribution is 9.10. The Morgan fingerprint density at radius 2 is 2.13 bits per heavy atom. The van der Waals surface area contributed by atoms with Crippen LogP contribution in [0, 0.1) is 0 Å². The van der Waals surface area contributed by atoms with E-state index in [1.54, 1.807) is 0 Å². The van der Waals surface area contributed by atoms with Crippen molar-refractivity contribution in [3.63, 3.8) is 0 Å². The summed E-state index contributed by atoms with van der Waals surface area (Å²) in [6, 6.07) is 4.37. The van der Waals surface area contributed by atoms with Crippen molar-refractivity contribution in [3.05, 3.63) is 22.8 Å². The predicted octanol–water partition coefficient (Wildman–Crippen LogP) is 2.20. The molecule has 0 bridgehead atoms. The molecule has 6 nitrogen and oxygen atoms in total. The molecule has 1 unspecified atom stereocenters. The van der Waals surface area contributed by atoms with Crippen LogP contribution in [0.1, 0.15) is 12.8 Å². The normalized spacial score (nSPS) is 22.1. The maximum absolute atomic E-state index is 12.6. The Bertz CT molecular complexity index is 533. The number of amides is 2. The molecule has 3 rings (SSSR count). The van der Waals surface area contributed by atoms with E-state index in [1.807, 2.05) is 35.2 Å². The van der Waals surface area contributed by atoms with E-state index < -0.39 is 0 Å². The maximum atomic E-state index is 12.6. The van der Waals surface area contributed by atoms with Crippen LogP contribution < -0.4 is 4.90 Å². The van der Waals surface area contributed by atoms with Crippen molar-refractivity contribution in [1.82, 2.24) is 14.8 Å². The molecule has 2 saturated heterocycles.